The number of unbranched alkanes of at least 4 members (excludes halogenated alkanes) is 1. The molecule has 0 saturated heterocycles. The van der Waals surface area contributed by atoms with Crippen LogP contribution in [-0.2, 0) is 6.42 Å². The molecule has 4 heteroatoms. The average Bonchev–Trinajstić information content (AvgIpc) is 2.54. The molecule has 1 aromatic heterocycles. The average molecular weight is 345 g/mol. The Bertz CT molecular complexity index is 761. The topological polar surface area (TPSA) is 59.1 Å². The molecule has 1 heterocycles. The lowest BCUT2D eigenvalue weighted by molar-refractivity contribution is 0.202. The molecule has 1 aromatic carbocycles. The molecule has 1 saturated carbocycles. The van der Waals surface area contributed by atoms with Crippen LogP contribution in [0.15, 0.2) is 18.2 Å². The van der Waals surface area contributed by atoms with Crippen molar-refractivity contribution in [3.63, 3.8) is 0 Å². The Labute approximate surface area is 148 Å². The normalized spacial score (nSPS) is 25.7. The van der Waals surface area contributed by atoms with Gasteiger partial charge in [-0.2, -0.15) is 0 Å². The first-order valence-corrected chi connectivity index (χ1v) is 9.52. The number of aromatic nitrogens is 1. The zero-order chi connectivity index (χ0) is 16.7. The molecule has 0 amide bonds. The summed E-state index contributed by atoms with van der Waals surface area (Å²) in [5.74, 6) is 2.06. The van der Waals surface area contributed by atoms with E-state index < -0.39 is 0 Å². The highest BCUT2D eigenvalue weighted by Gasteiger charge is 2.37. The molecule has 1 fully saturated rings. The predicted octanol–water partition coefficient (Wildman–Crippen LogP) is 4.69. The molecule has 24 heavy (non-hydrogen) atoms. The number of aliphatic hydroxyl groups is 1. The number of hydrogen-bond donors (Lipinski definition) is 2. The Morgan fingerprint density at radius 3 is 2.92 bits per heavy atom. The third-order valence-corrected chi connectivity index (χ3v) is 6.15. The van der Waals surface area contributed by atoms with E-state index in [-0.39, 0.29) is 0 Å². The zero-order valence-electron chi connectivity index (χ0n) is 14.0. The van der Waals surface area contributed by atoms with Crippen molar-refractivity contribution in [3.05, 3.63) is 34.5 Å². The molecule has 0 radical (unpaired) electrons. The number of nitrogen functional groups attached to an aromatic ring is 1. The summed E-state index contributed by atoms with van der Waals surface area (Å²) >= 11 is 6.13. The molecule has 3 atom stereocenters. The van der Waals surface area contributed by atoms with Crippen molar-refractivity contribution in [3.8, 4) is 0 Å². The van der Waals surface area contributed by atoms with Crippen molar-refractivity contribution in [2.45, 2.75) is 50.9 Å². The Morgan fingerprint density at radius 1 is 1.21 bits per heavy atom. The summed E-state index contributed by atoms with van der Waals surface area (Å²) in [5, 5.41) is 10.8. The van der Waals surface area contributed by atoms with E-state index in [0.717, 1.165) is 47.7 Å². The largest absolute Gasteiger partial charge is 0.398 e. The van der Waals surface area contributed by atoms with Gasteiger partial charge in [-0.15, -0.1) is 0 Å². The molecule has 2 aliphatic carbocycles. The number of nitrogens with two attached hydrogens (primary N) is 1. The lowest BCUT2D eigenvalue weighted by Crippen LogP contribution is -2.30. The number of fused-ring (bicyclic) bond motifs is 5. The van der Waals surface area contributed by atoms with E-state index in [2.05, 4.69) is 0 Å². The fraction of sp³-hybridized carbons (Fsp3) is 0.550. The van der Waals surface area contributed by atoms with Gasteiger partial charge in [0.1, 0.15) is 0 Å². The summed E-state index contributed by atoms with van der Waals surface area (Å²) in [5.41, 5.74) is 10.9. The molecule has 4 rings (SSSR count). The Kier molecular flexibility index (Phi) is 4.40. The first-order valence-electron chi connectivity index (χ1n) is 9.14. The minimum atomic E-state index is 0.313. The number of benzene rings is 1. The van der Waals surface area contributed by atoms with Crippen LogP contribution >= 0.6 is 11.6 Å². The van der Waals surface area contributed by atoms with E-state index in [4.69, 9.17) is 27.4 Å². The molecule has 3 nitrogen and oxygen atoms in total. The van der Waals surface area contributed by atoms with Crippen LogP contribution in [-0.4, -0.2) is 16.7 Å². The number of aliphatic hydroxyl groups excluding tert-OH is 1. The van der Waals surface area contributed by atoms with Crippen LogP contribution in [0.4, 0.5) is 5.69 Å². The monoisotopic (exact) mass is 344 g/mol. The molecule has 2 bridgehead atoms. The smallest absolute Gasteiger partial charge is 0.0741 e. The second-order valence-electron chi connectivity index (χ2n) is 7.61. The Balaban J connectivity index is 1.67. The van der Waals surface area contributed by atoms with Crippen molar-refractivity contribution in [1.82, 2.24) is 4.98 Å². The van der Waals surface area contributed by atoms with E-state index in [1.165, 1.54) is 36.9 Å². The number of hydrogen-bond acceptors (Lipinski definition) is 3. The van der Waals surface area contributed by atoms with E-state index >= 15 is 0 Å². The summed E-state index contributed by atoms with van der Waals surface area (Å²) in [6.07, 6.45) is 8.13. The number of halogens is 1. The first-order chi connectivity index (χ1) is 11.7. The quantitative estimate of drug-likeness (QED) is 0.791. The van der Waals surface area contributed by atoms with Crippen molar-refractivity contribution < 1.29 is 5.11 Å². The maximum Gasteiger partial charge on any atom is 0.0741 e. The number of pyridine rings is 1. The fourth-order valence-corrected chi connectivity index (χ4v) is 5.13. The van der Waals surface area contributed by atoms with E-state index in [9.17, 15) is 0 Å². The van der Waals surface area contributed by atoms with Gasteiger partial charge in [-0.3, -0.25) is 4.98 Å². The zero-order valence-corrected chi connectivity index (χ0v) is 14.7. The van der Waals surface area contributed by atoms with Gasteiger partial charge < -0.3 is 10.8 Å². The summed E-state index contributed by atoms with van der Waals surface area (Å²) in [6, 6.07) is 5.84. The minimum absolute atomic E-state index is 0.313. The van der Waals surface area contributed by atoms with Gasteiger partial charge in [0.15, 0.2) is 0 Å². The maximum atomic E-state index is 9.01. The van der Waals surface area contributed by atoms with Crippen molar-refractivity contribution in [2.24, 2.45) is 11.8 Å². The summed E-state index contributed by atoms with van der Waals surface area (Å²) in [6.45, 7) is 0.313. The van der Waals surface area contributed by atoms with Crippen LogP contribution in [0.3, 0.4) is 0 Å². The van der Waals surface area contributed by atoms with Crippen LogP contribution in [0.25, 0.3) is 10.9 Å². The van der Waals surface area contributed by atoms with Crippen LogP contribution in [0.5, 0.6) is 0 Å². The van der Waals surface area contributed by atoms with E-state index in [1.807, 2.05) is 18.2 Å². The molecule has 128 valence electrons. The van der Waals surface area contributed by atoms with Gasteiger partial charge in [-0.05, 0) is 68.1 Å². The van der Waals surface area contributed by atoms with Crippen molar-refractivity contribution >= 4 is 28.2 Å². The SMILES string of the molecule is Nc1c2c(nc3cc(Cl)ccc13)CC1CC(CCCCO)CC2C1. The number of rotatable bonds is 4. The maximum absolute atomic E-state index is 9.01. The van der Waals surface area contributed by atoms with E-state index in [1.54, 1.807) is 0 Å². The fourth-order valence-electron chi connectivity index (χ4n) is 4.96. The van der Waals surface area contributed by atoms with Gasteiger partial charge in [-0.25, -0.2) is 0 Å². The van der Waals surface area contributed by atoms with Crippen molar-refractivity contribution in [1.29, 1.82) is 0 Å². The highest BCUT2D eigenvalue weighted by molar-refractivity contribution is 6.31. The second-order valence-corrected chi connectivity index (χ2v) is 8.04. The van der Waals surface area contributed by atoms with Crippen molar-refractivity contribution in [2.75, 3.05) is 12.3 Å². The lowest BCUT2D eigenvalue weighted by atomic mass is 9.65. The van der Waals surface area contributed by atoms with Gasteiger partial charge in [0.25, 0.3) is 0 Å². The van der Waals surface area contributed by atoms with Gasteiger partial charge in [0.2, 0.25) is 0 Å². The highest BCUT2D eigenvalue weighted by atomic mass is 35.5. The second kappa shape index (κ2) is 6.53. The molecule has 0 aliphatic heterocycles. The number of nitrogens with zero attached hydrogens (tertiary/aromatic N) is 1. The standard InChI is InChI=1S/C20H25ClN2O/c21-15-4-5-16-17(11-15)23-18-10-13-7-12(3-1-2-6-24)8-14(9-13)19(18)20(16)22/h4-5,11-14,24H,1-3,6-10H2,(H2,22,23). The molecular formula is C20H25ClN2O. The van der Waals surface area contributed by atoms with Gasteiger partial charge in [0.05, 0.1) is 5.52 Å². The lowest BCUT2D eigenvalue weighted by Gasteiger charge is -2.40. The molecule has 2 aliphatic rings. The molecule has 2 aromatic rings. The molecule has 0 spiro atoms. The van der Waals surface area contributed by atoms with Crippen LogP contribution in [0.2, 0.25) is 5.02 Å². The van der Waals surface area contributed by atoms with Gasteiger partial charge >= 0.3 is 0 Å². The molecular weight excluding hydrogens is 320 g/mol. The molecule has 3 unspecified atom stereocenters. The summed E-state index contributed by atoms with van der Waals surface area (Å²) in [7, 11) is 0. The third-order valence-electron chi connectivity index (χ3n) is 5.92. The van der Waals surface area contributed by atoms with Gasteiger partial charge in [0, 0.05) is 34.0 Å². The minimum Gasteiger partial charge on any atom is -0.398 e. The Morgan fingerprint density at radius 2 is 2.08 bits per heavy atom. The van der Waals surface area contributed by atoms with Gasteiger partial charge in [-0.1, -0.05) is 24.4 Å². The van der Waals surface area contributed by atoms with Crippen LogP contribution in [0, 0.1) is 11.8 Å². The predicted molar refractivity (Wildman–Crippen MR) is 99.4 cm³/mol. The number of anilines is 1. The third kappa shape index (κ3) is 2.89. The van der Waals surface area contributed by atoms with Crippen LogP contribution < -0.4 is 5.73 Å². The Hall–Kier alpha value is -1.32. The highest BCUT2D eigenvalue weighted by Crippen LogP contribution is 2.49. The summed E-state index contributed by atoms with van der Waals surface area (Å²) in [4.78, 5) is 4.92. The first kappa shape index (κ1) is 16.2. The van der Waals surface area contributed by atoms with E-state index in [0.29, 0.717) is 17.5 Å². The van der Waals surface area contributed by atoms with Crippen LogP contribution in [0.1, 0.15) is 55.7 Å². The molecule has 3 N–H and O–H groups in total. The summed E-state index contributed by atoms with van der Waals surface area (Å²) < 4.78 is 0.